The topological polar surface area (TPSA) is 43.1 Å². The molecule has 2 rings (SSSR count). The van der Waals surface area contributed by atoms with E-state index in [1.54, 1.807) is 11.3 Å². The van der Waals surface area contributed by atoms with Gasteiger partial charge >= 0.3 is 0 Å². The Morgan fingerprint density at radius 2 is 1.86 bits per heavy atom. The number of anilines is 1. The lowest BCUT2D eigenvalue weighted by atomic mass is 10.00. The van der Waals surface area contributed by atoms with Gasteiger partial charge in [0.1, 0.15) is 0 Å². The molecule has 0 aliphatic carbocycles. The number of hydrogen-bond donors (Lipinski definition) is 1. The van der Waals surface area contributed by atoms with Crippen LogP contribution in [-0.2, 0) is 6.42 Å². The van der Waals surface area contributed by atoms with Crippen LogP contribution in [0.3, 0.4) is 0 Å². The van der Waals surface area contributed by atoms with E-state index in [0.717, 1.165) is 12.0 Å². The third-order valence-electron chi connectivity index (χ3n) is 3.79. The molecule has 3 heteroatoms. The number of hydrogen-bond acceptors (Lipinski definition) is 3. The Balaban J connectivity index is 2.17. The van der Waals surface area contributed by atoms with Crippen LogP contribution in [0.5, 0.6) is 0 Å². The number of benzene rings is 1. The predicted molar refractivity (Wildman–Crippen MR) is 91.2 cm³/mol. The third kappa shape index (κ3) is 3.73. The number of nitrogen functional groups attached to an aromatic ring is 1. The van der Waals surface area contributed by atoms with Crippen LogP contribution in [0.25, 0.3) is 0 Å². The lowest BCUT2D eigenvalue weighted by molar-refractivity contribution is 0.103. The van der Waals surface area contributed by atoms with E-state index < -0.39 is 0 Å². The van der Waals surface area contributed by atoms with E-state index in [2.05, 4.69) is 6.92 Å². The highest BCUT2D eigenvalue weighted by atomic mass is 32.1. The fourth-order valence-electron chi connectivity index (χ4n) is 2.55. The van der Waals surface area contributed by atoms with Gasteiger partial charge in [-0.15, -0.1) is 11.3 Å². The average Bonchev–Trinajstić information content (AvgIpc) is 2.78. The molecule has 0 saturated heterocycles. The maximum atomic E-state index is 12.6. The molecular weight excluding hydrogens is 278 g/mol. The number of rotatable bonds is 7. The lowest BCUT2D eigenvalue weighted by Gasteiger charge is -2.03. The molecule has 21 heavy (non-hydrogen) atoms. The lowest BCUT2D eigenvalue weighted by Crippen LogP contribution is -2.04. The highest BCUT2D eigenvalue weighted by molar-refractivity contribution is 7.16. The van der Waals surface area contributed by atoms with E-state index in [1.165, 1.54) is 30.6 Å². The van der Waals surface area contributed by atoms with E-state index in [0.29, 0.717) is 16.1 Å². The van der Waals surface area contributed by atoms with Crippen molar-refractivity contribution in [3.05, 3.63) is 51.9 Å². The van der Waals surface area contributed by atoms with Crippen molar-refractivity contribution in [1.82, 2.24) is 0 Å². The monoisotopic (exact) mass is 301 g/mol. The first-order chi connectivity index (χ1) is 10.1. The van der Waals surface area contributed by atoms with Gasteiger partial charge in [0.25, 0.3) is 0 Å². The summed E-state index contributed by atoms with van der Waals surface area (Å²) in [5.74, 6) is 0.0432. The SMILES string of the molecule is CCCCCCc1sc(N)c(C(=O)c2ccccc2)c1C. The highest BCUT2D eigenvalue weighted by Gasteiger charge is 2.20. The summed E-state index contributed by atoms with van der Waals surface area (Å²) in [6.45, 7) is 4.24. The normalized spacial score (nSPS) is 10.8. The number of nitrogens with two attached hydrogens (primary N) is 1. The zero-order valence-corrected chi connectivity index (χ0v) is 13.6. The van der Waals surface area contributed by atoms with Crippen LogP contribution >= 0.6 is 11.3 Å². The minimum absolute atomic E-state index is 0.0432. The van der Waals surface area contributed by atoms with Crippen molar-refractivity contribution in [2.45, 2.75) is 46.0 Å². The number of carbonyl (C=O) groups excluding carboxylic acids is 1. The van der Waals surface area contributed by atoms with Crippen molar-refractivity contribution >= 4 is 22.1 Å². The second-order valence-corrected chi connectivity index (χ2v) is 6.53. The van der Waals surface area contributed by atoms with E-state index in [9.17, 15) is 4.79 Å². The fourth-order valence-corrected chi connectivity index (χ4v) is 3.67. The Kier molecular flexibility index (Phi) is 5.57. The van der Waals surface area contributed by atoms with Crippen LogP contribution in [-0.4, -0.2) is 5.78 Å². The van der Waals surface area contributed by atoms with Gasteiger partial charge in [0.05, 0.1) is 10.6 Å². The van der Waals surface area contributed by atoms with Gasteiger partial charge in [-0.1, -0.05) is 56.5 Å². The van der Waals surface area contributed by atoms with E-state index in [4.69, 9.17) is 5.73 Å². The van der Waals surface area contributed by atoms with E-state index in [-0.39, 0.29) is 5.78 Å². The average molecular weight is 301 g/mol. The smallest absolute Gasteiger partial charge is 0.196 e. The molecule has 0 unspecified atom stereocenters. The van der Waals surface area contributed by atoms with Crippen LogP contribution in [0, 0.1) is 6.92 Å². The molecule has 112 valence electrons. The van der Waals surface area contributed by atoms with Crippen LogP contribution in [0.1, 0.15) is 59.0 Å². The zero-order valence-electron chi connectivity index (χ0n) is 12.8. The first-order valence-corrected chi connectivity index (χ1v) is 8.44. The molecule has 0 amide bonds. The van der Waals surface area contributed by atoms with Crippen molar-refractivity contribution in [3.8, 4) is 0 Å². The Bertz CT molecular complexity index is 601. The maximum absolute atomic E-state index is 12.6. The first kappa shape index (κ1) is 15.8. The molecule has 0 radical (unpaired) electrons. The van der Waals surface area contributed by atoms with Crippen molar-refractivity contribution < 1.29 is 4.79 Å². The summed E-state index contributed by atoms with van der Waals surface area (Å²) in [5, 5.41) is 0.659. The molecule has 0 aliphatic heterocycles. The Morgan fingerprint density at radius 3 is 2.52 bits per heavy atom. The zero-order chi connectivity index (χ0) is 15.2. The molecule has 1 aromatic heterocycles. The second-order valence-electron chi connectivity index (χ2n) is 5.40. The van der Waals surface area contributed by atoms with Gasteiger partial charge in [-0.05, 0) is 25.3 Å². The van der Waals surface area contributed by atoms with Gasteiger partial charge in [-0.2, -0.15) is 0 Å². The van der Waals surface area contributed by atoms with E-state index >= 15 is 0 Å². The molecule has 2 aromatic rings. The Labute approximate surface area is 131 Å². The predicted octanol–water partition coefficient (Wildman–Crippen LogP) is 4.99. The van der Waals surface area contributed by atoms with Crippen molar-refractivity contribution in [2.75, 3.05) is 5.73 Å². The number of carbonyl (C=O) groups is 1. The number of thiophene rings is 1. The minimum atomic E-state index is 0.0432. The highest BCUT2D eigenvalue weighted by Crippen LogP contribution is 2.33. The van der Waals surface area contributed by atoms with Crippen molar-refractivity contribution in [2.24, 2.45) is 0 Å². The molecule has 0 bridgehead atoms. The molecule has 0 fully saturated rings. The van der Waals surface area contributed by atoms with Crippen LogP contribution in [0.4, 0.5) is 5.00 Å². The number of ketones is 1. The van der Waals surface area contributed by atoms with Gasteiger partial charge < -0.3 is 5.73 Å². The van der Waals surface area contributed by atoms with Gasteiger partial charge in [-0.25, -0.2) is 0 Å². The third-order valence-corrected chi connectivity index (χ3v) is 4.97. The maximum Gasteiger partial charge on any atom is 0.196 e. The molecule has 0 aliphatic rings. The molecule has 2 nitrogen and oxygen atoms in total. The van der Waals surface area contributed by atoms with Crippen LogP contribution in [0.15, 0.2) is 30.3 Å². The largest absolute Gasteiger partial charge is 0.390 e. The summed E-state index contributed by atoms with van der Waals surface area (Å²) in [6.07, 6.45) is 5.96. The molecule has 0 saturated carbocycles. The van der Waals surface area contributed by atoms with Crippen molar-refractivity contribution in [1.29, 1.82) is 0 Å². The summed E-state index contributed by atoms with van der Waals surface area (Å²) in [4.78, 5) is 13.9. The first-order valence-electron chi connectivity index (χ1n) is 7.62. The minimum Gasteiger partial charge on any atom is -0.390 e. The Hall–Kier alpha value is -1.61. The summed E-state index contributed by atoms with van der Waals surface area (Å²) < 4.78 is 0. The molecule has 1 heterocycles. The molecule has 0 atom stereocenters. The van der Waals surface area contributed by atoms with E-state index in [1.807, 2.05) is 37.3 Å². The number of unbranched alkanes of at least 4 members (excludes halogenated alkanes) is 3. The van der Waals surface area contributed by atoms with Crippen LogP contribution in [0.2, 0.25) is 0 Å². The summed E-state index contributed by atoms with van der Waals surface area (Å²) in [6, 6.07) is 9.38. The summed E-state index contributed by atoms with van der Waals surface area (Å²) >= 11 is 1.58. The van der Waals surface area contributed by atoms with Crippen LogP contribution < -0.4 is 5.73 Å². The standard InChI is InChI=1S/C18H23NOS/c1-3-4-5-9-12-15-13(2)16(18(19)21-15)17(20)14-10-7-6-8-11-14/h6-8,10-11H,3-5,9,12,19H2,1-2H3. The van der Waals surface area contributed by atoms with Gasteiger partial charge in [0.2, 0.25) is 0 Å². The molecule has 1 aromatic carbocycles. The van der Waals surface area contributed by atoms with Gasteiger partial charge in [0.15, 0.2) is 5.78 Å². The van der Waals surface area contributed by atoms with Gasteiger partial charge in [0, 0.05) is 10.4 Å². The second kappa shape index (κ2) is 7.41. The van der Waals surface area contributed by atoms with Gasteiger partial charge in [-0.3, -0.25) is 4.79 Å². The van der Waals surface area contributed by atoms with Crippen molar-refractivity contribution in [3.63, 3.8) is 0 Å². The summed E-state index contributed by atoms with van der Waals surface area (Å²) in [7, 11) is 0. The number of aryl methyl sites for hydroxylation is 1. The summed E-state index contributed by atoms with van der Waals surface area (Å²) in [5.41, 5.74) is 8.60. The fraction of sp³-hybridized carbons (Fsp3) is 0.389. The molecule has 2 N–H and O–H groups in total. The quantitative estimate of drug-likeness (QED) is 0.578. The molecular formula is C18H23NOS. The molecule has 0 spiro atoms. The Morgan fingerprint density at radius 1 is 1.14 bits per heavy atom.